The maximum atomic E-state index is 11.4. The van der Waals surface area contributed by atoms with Gasteiger partial charge in [0.1, 0.15) is 6.04 Å². The van der Waals surface area contributed by atoms with Crippen LogP contribution in [0, 0.1) is 11.8 Å². The van der Waals surface area contributed by atoms with Crippen molar-refractivity contribution in [2.24, 2.45) is 22.6 Å². The second kappa shape index (κ2) is 5.73. The molecule has 1 aliphatic carbocycles. The summed E-state index contributed by atoms with van der Waals surface area (Å²) in [5.41, 5.74) is 5.64. The third-order valence-electron chi connectivity index (χ3n) is 4.27. The number of carbonyl (C=O) groups excluding carboxylic acids is 1. The molecule has 4 nitrogen and oxygen atoms in total. The lowest BCUT2D eigenvalue weighted by Gasteiger charge is -2.35. The Morgan fingerprint density at radius 3 is 2.63 bits per heavy atom. The normalized spacial score (nSPS) is 34.7. The average molecular weight is 283 g/mol. The van der Waals surface area contributed by atoms with Crippen LogP contribution in [0.5, 0.6) is 0 Å². The maximum absolute atomic E-state index is 11.4. The van der Waals surface area contributed by atoms with Gasteiger partial charge in [0, 0.05) is 11.3 Å². The van der Waals surface area contributed by atoms with Crippen molar-refractivity contribution in [3.8, 4) is 0 Å². The summed E-state index contributed by atoms with van der Waals surface area (Å²) in [5.74, 6) is 1.73. The van der Waals surface area contributed by atoms with Gasteiger partial charge in [-0.15, -0.1) is 0 Å². The highest BCUT2D eigenvalue weighted by Crippen LogP contribution is 2.38. The molecule has 1 atom stereocenters. The third-order valence-corrected chi connectivity index (χ3v) is 5.45. The van der Waals surface area contributed by atoms with Crippen molar-refractivity contribution >= 4 is 22.8 Å². The number of aliphatic imine (C=N–C) groups is 1. The number of amidine groups is 1. The van der Waals surface area contributed by atoms with Crippen molar-refractivity contribution in [2.75, 3.05) is 5.75 Å². The van der Waals surface area contributed by atoms with Crippen molar-refractivity contribution in [1.82, 2.24) is 5.32 Å². The molecule has 1 saturated carbocycles. The summed E-state index contributed by atoms with van der Waals surface area (Å²) in [5, 5.41) is 4.48. The predicted molar refractivity (Wildman–Crippen MR) is 81.2 cm³/mol. The van der Waals surface area contributed by atoms with Crippen LogP contribution in [0.4, 0.5) is 0 Å². The Bertz CT molecular complexity index is 373. The second-order valence-electron chi connectivity index (χ2n) is 6.40. The summed E-state index contributed by atoms with van der Waals surface area (Å²) in [6.45, 7) is 6.29. The molecule has 2 fully saturated rings. The van der Waals surface area contributed by atoms with E-state index in [4.69, 9.17) is 5.73 Å². The highest BCUT2D eigenvalue weighted by molar-refractivity contribution is 8.14. The first kappa shape index (κ1) is 14.7. The minimum atomic E-state index is -0.410. The lowest BCUT2D eigenvalue weighted by Crippen LogP contribution is -2.46. The fourth-order valence-electron chi connectivity index (χ4n) is 2.83. The van der Waals surface area contributed by atoms with Crippen molar-refractivity contribution in [3.63, 3.8) is 0 Å². The molecule has 2 aliphatic rings. The zero-order valence-corrected chi connectivity index (χ0v) is 12.9. The molecular formula is C14H25N3OS. The summed E-state index contributed by atoms with van der Waals surface area (Å²) in [7, 11) is 0. The third kappa shape index (κ3) is 3.44. The zero-order chi connectivity index (χ0) is 14.0. The average Bonchev–Trinajstić information content (AvgIpc) is 2.73. The lowest BCUT2D eigenvalue weighted by atomic mass is 9.78. The van der Waals surface area contributed by atoms with Gasteiger partial charge in [0.25, 0.3) is 0 Å². The van der Waals surface area contributed by atoms with E-state index in [9.17, 15) is 4.79 Å². The van der Waals surface area contributed by atoms with Crippen LogP contribution in [0.3, 0.4) is 0 Å². The fourth-order valence-corrected chi connectivity index (χ4v) is 4.08. The van der Waals surface area contributed by atoms with Gasteiger partial charge >= 0.3 is 0 Å². The van der Waals surface area contributed by atoms with Crippen LogP contribution in [0.2, 0.25) is 0 Å². The lowest BCUT2D eigenvalue weighted by molar-refractivity contribution is -0.120. The molecule has 3 N–H and O–H groups in total. The predicted octanol–water partition coefficient (Wildman–Crippen LogP) is 2.14. The Kier molecular flexibility index (Phi) is 4.43. The van der Waals surface area contributed by atoms with E-state index in [0.717, 1.165) is 16.8 Å². The molecule has 19 heavy (non-hydrogen) atoms. The highest BCUT2D eigenvalue weighted by atomic mass is 32.2. The molecule has 5 heteroatoms. The largest absolute Gasteiger partial charge is 0.368 e. The van der Waals surface area contributed by atoms with Gasteiger partial charge in [-0.3, -0.25) is 4.79 Å². The van der Waals surface area contributed by atoms with Gasteiger partial charge in [-0.25, -0.2) is 4.99 Å². The van der Waals surface area contributed by atoms with Gasteiger partial charge in [-0.2, -0.15) is 0 Å². The molecule has 1 saturated heterocycles. The first-order valence-electron chi connectivity index (χ1n) is 7.20. The molecule has 0 bridgehead atoms. The van der Waals surface area contributed by atoms with E-state index in [2.05, 4.69) is 17.2 Å². The Morgan fingerprint density at radius 1 is 1.47 bits per heavy atom. The molecule has 0 aromatic heterocycles. The molecule has 0 radical (unpaired) electrons. The molecule has 0 aromatic rings. The monoisotopic (exact) mass is 283 g/mol. The number of amides is 1. The van der Waals surface area contributed by atoms with Crippen molar-refractivity contribution in [3.05, 3.63) is 0 Å². The van der Waals surface area contributed by atoms with Crippen molar-refractivity contribution < 1.29 is 4.79 Å². The fraction of sp³-hybridized carbons (Fsp3) is 0.857. The zero-order valence-electron chi connectivity index (χ0n) is 12.1. The quantitative estimate of drug-likeness (QED) is 0.834. The van der Waals surface area contributed by atoms with Crippen LogP contribution in [0.25, 0.3) is 0 Å². The van der Waals surface area contributed by atoms with Crippen LogP contribution < -0.4 is 11.1 Å². The minimum Gasteiger partial charge on any atom is -0.368 e. The minimum absolute atomic E-state index is 0.148. The maximum Gasteiger partial charge on any atom is 0.242 e. The van der Waals surface area contributed by atoms with Gasteiger partial charge in [0.2, 0.25) is 5.91 Å². The number of nitrogens with one attached hydrogen (secondary N) is 1. The number of nitrogens with zero attached hydrogens (tertiary/aromatic N) is 1. The van der Waals surface area contributed by atoms with Crippen LogP contribution in [0.15, 0.2) is 4.99 Å². The summed E-state index contributed by atoms with van der Waals surface area (Å²) in [6, 6.07) is -0.410. The number of hydrogen-bond donors (Lipinski definition) is 2. The van der Waals surface area contributed by atoms with Gasteiger partial charge in [-0.05, 0) is 37.5 Å². The molecule has 1 spiro atoms. The van der Waals surface area contributed by atoms with E-state index in [1.807, 2.05) is 13.8 Å². The van der Waals surface area contributed by atoms with E-state index in [1.165, 1.54) is 25.7 Å². The SMILES string of the molecule is CC1CCC2(CC1)CSC(=NC(C(N)=O)C(C)C)N2. The molecule has 2 rings (SSSR count). The molecule has 1 amide bonds. The molecule has 108 valence electrons. The van der Waals surface area contributed by atoms with Gasteiger partial charge in [-0.1, -0.05) is 32.5 Å². The number of primary amides is 1. The molecule has 1 aliphatic heterocycles. The van der Waals surface area contributed by atoms with E-state index < -0.39 is 6.04 Å². The van der Waals surface area contributed by atoms with Crippen LogP contribution in [-0.2, 0) is 4.79 Å². The molecular weight excluding hydrogens is 258 g/mol. The molecule has 1 heterocycles. The molecule has 0 aromatic carbocycles. The Balaban J connectivity index is 2.03. The van der Waals surface area contributed by atoms with Crippen LogP contribution >= 0.6 is 11.8 Å². The first-order valence-corrected chi connectivity index (χ1v) is 8.18. The van der Waals surface area contributed by atoms with Gasteiger partial charge in [0.05, 0.1) is 0 Å². The van der Waals surface area contributed by atoms with Gasteiger partial charge < -0.3 is 11.1 Å². The summed E-state index contributed by atoms with van der Waals surface area (Å²) in [4.78, 5) is 16.0. The van der Waals surface area contributed by atoms with Crippen molar-refractivity contribution in [2.45, 2.75) is 58.0 Å². The summed E-state index contributed by atoms with van der Waals surface area (Å²) < 4.78 is 0. The van der Waals surface area contributed by atoms with Gasteiger partial charge in [0.15, 0.2) is 5.17 Å². The number of rotatable bonds is 3. The van der Waals surface area contributed by atoms with E-state index in [0.29, 0.717) is 0 Å². The smallest absolute Gasteiger partial charge is 0.242 e. The molecule has 1 unspecified atom stereocenters. The Hall–Kier alpha value is -0.710. The van der Waals surface area contributed by atoms with E-state index in [-0.39, 0.29) is 17.4 Å². The number of carbonyl (C=O) groups is 1. The highest BCUT2D eigenvalue weighted by Gasteiger charge is 2.40. The number of nitrogens with two attached hydrogens (primary N) is 1. The summed E-state index contributed by atoms with van der Waals surface area (Å²) in [6.07, 6.45) is 4.99. The number of hydrogen-bond acceptors (Lipinski definition) is 3. The number of thioether (sulfide) groups is 1. The van der Waals surface area contributed by atoms with Crippen LogP contribution in [0.1, 0.15) is 46.5 Å². The second-order valence-corrected chi connectivity index (χ2v) is 7.37. The Morgan fingerprint density at radius 2 is 2.11 bits per heavy atom. The first-order chi connectivity index (χ1) is 8.92. The summed E-state index contributed by atoms with van der Waals surface area (Å²) >= 11 is 1.74. The van der Waals surface area contributed by atoms with Crippen LogP contribution in [-0.4, -0.2) is 28.4 Å². The topological polar surface area (TPSA) is 67.5 Å². The van der Waals surface area contributed by atoms with E-state index in [1.54, 1.807) is 11.8 Å². The van der Waals surface area contributed by atoms with Crippen molar-refractivity contribution in [1.29, 1.82) is 0 Å². The Labute approximate surface area is 120 Å². The van der Waals surface area contributed by atoms with E-state index >= 15 is 0 Å². The standard InChI is InChI=1S/C14H25N3OS/c1-9(2)11(12(15)18)16-13-17-14(8-19-13)6-4-10(3)5-7-14/h9-11H,4-8H2,1-3H3,(H2,15,18)(H,16,17).